The first-order valence-corrected chi connectivity index (χ1v) is 9.26. The Kier molecular flexibility index (Phi) is 8.75. The number of pyridine rings is 1. The van der Waals surface area contributed by atoms with Gasteiger partial charge >= 0.3 is 0 Å². The van der Waals surface area contributed by atoms with Crippen LogP contribution in [0.15, 0.2) is 53.7 Å². The van der Waals surface area contributed by atoms with Crippen LogP contribution in [-0.4, -0.2) is 57.3 Å². The fraction of sp³-hybridized carbons (Fsp3) is 0.400. The van der Waals surface area contributed by atoms with Gasteiger partial charge in [-0.2, -0.15) is 0 Å². The van der Waals surface area contributed by atoms with E-state index < -0.39 is 0 Å². The number of anilines is 2. The molecule has 1 aliphatic rings. The van der Waals surface area contributed by atoms with Gasteiger partial charge in [-0.15, -0.1) is 24.0 Å². The van der Waals surface area contributed by atoms with E-state index in [-0.39, 0.29) is 35.8 Å². The highest BCUT2D eigenvalue weighted by molar-refractivity contribution is 14.0. The first kappa shape index (κ1) is 22.2. The minimum atomic E-state index is -0.274. The number of aromatic nitrogens is 1. The normalized spacial score (nSPS) is 16.5. The largest absolute Gasteiger partial charge is 0.373 e. The Hall–Kier alpha value is -2.10. The van der Waals surface area contributed by atoms with E-state index in [1.807, 2.05) is 23.1 Å². The second-order valence-electron chi connectivity index (χ2n) is 6.64. The molecule has 1 unspecified atom stereocenters. The van der Waals surface area contributed by atoms with Crippen LogP contribution in [0.3, 0.4) is 0 Å². The number of rotatable bonds is 6. The first-order valence-electron chi connectivity index (χ1n) is 9.26. The van der Waals surface area contributed by atoms with Crippen LogP contribution in [0.5, 0.6) is 0 Å². The minimum absolute atomic E-state index is 0. The molecule has 2 aromatic rings. The highest BCUT2D eigenvalue weighted by Gasteiger charge is 2.25. The zero-order valence-corrected chi connectivity index (χ0v) is 18.6. The lowest BCUT2D eigenvalue weighted by Gasteiger charge is -2.22. The quantitative estimate of drug-likeness (QED) is 0.365. The third-order valence-corrected chi connectivity index (χ3v) is 4.73. The molecule has 28 heavy (non-hydrogen) atoms. The second kappa shape index (κ2) is 11.0. The van der Waals surface area contributed by atoms with Gasteiger partial charge in [0.15, 0.2) is 17.6 Å². The molecule has 1 aromatic heterocycles. The van der Waals surface area contributed by atoms with Crippen LogP contribution in [-0.2, 0) is 0 Å². The lowest BCUT2D eigenvalue weighted by Crippen LogP contribution is -2.46. The standard InChI is InChI=1S/C20H27FN6.HI/c1-22-20(24-12-14-26(2)17-7-4-3-5-8-17)25-16-10-13-27(15-16)19-18(21)9-6-11-23-19;/h3-9,11,16H,10,12-15H2,1-2H3,(H2,22,24,25);1H. The maximum absolute atomic E-state index is 13.9. The zero-order chi connectivity index (χ0) is 19.1. The summed E-state index contributed by atoms with van der Waals surface area (Å²) in [4.78, 5) is 12.6. The van der Waals surface area contributed by atoms with Crippen molar-refractivity contribution in [3.05, 3.63) is 54.5 Å². The average Bonchev–Trinajstić information content (AvgIpc) is 3.16. The Morgan fingerprint density at radius 1 is 1.29 bits per heavy atom. The van der Waals surface area contributed by atoms with Crippen molar-refractivity contribution in [3.63, 3.8) is 0 Å². The molecule has 1 atom stereocenters. The molecule has 1 saturated heterocycles. The van der Waals surface area contributed by atoms with E-state index in [4.69, 9.17) is 0 Å². The van der Waals surface area contributed by atoms with Crippen molar-refractivity contribution in [1.29, 1.82) is 0 Å². The predicted octanol–water partition coefficient (Wildman–Crippen LogP) is 2.72. The summed E-state index contributed by atoms with van der Waals surface area (Å²) in [6.07, 6.45) is 2.55. The van der Waals surface area contributed by atoms with Gasteiger partial charge in [-0.05, 0) is 30.7 Å². The van der Waals surface area contributed by atoms with Crippen molar-refractivity contribution in [2.24, 2.45) is 4.99 Å². The topological polar surface area (TPSA) is 55.8 Å². The fourth-order valence-electron chi connectivity index (χ4n) is 3.22. The molecule has 8 heteroatoms. The summed E-state index contributed by atoms with van der Waals surface area (Å²) < 4.78 is 13.9. The number of para-hydroxylation sites is 1. The summed E-state index contributed by atoms with van der Waals surface area (Å²) in [7, 11) is 3.84. The van der Waals surface area contributed by atoms with Gasteiger partial charge in [0.05, 0.1) is 0 Å². The molecule has 0 bridgehead atoms. The summed E-state index contributed by atoms with van der Waals surface area (Å²) >= 11 is 0. The minimum Gasteiger partial charge on any atom is -0.373 e. The van der Waals surface area contributed by atoms with Gasteiger partial charge in [-0.1, -0.05) is 18.2 Å². The molecule has 1 fully saturated rings. The number of hydrogen-bond donors (Lipinski definition) is 2. The number of nitrogens with one attached hydrogen (secondary N) is 2. The average molecular weight is 498 g/mol. The van der Waals surface area contributed by atoms with E-state index in [0.29, 0.717) is 12.4 Å². The Labute approximate surface area is 183 Å². The van der Waals surface area contributed by atoms with Crippen LogP contribution in [0.4, 0.5) is 15.9 Å². The van der Waals surface area contributed by atoms with E-state index in [0.717, 1.165) is 32.0 Å². The van der Waals surface area contributed by atoms with E-state index in [1.54, 1.807) is 19.3 Å². The SMILES string of the molecule is CN=C(NCCN(C)c1ccccc1)NC1CCN(c2ncccc2F)C1.I. The smallest absolute Gasteiger partial charge is 0.191 e. The van der Waals surface area contributed by atoms with Crippen molar-refractivity contribution in [2.45, 2.75) is 12.5 Å². The van der Waals surface area contributed by atoms with Gasteiger partial charge < -0.3 is 20.4 Å². The summed E-state index contributed by atoms with van der Waals surface area (Å²) in [5.74, 6) is 0.920. The third-order valence-electron chi connectivity index (χ3n) is 4.73. The van der Waals surface area contributed by atoms with Crippen LogP contribution in [0.25, 0.3) is 0 Å². The third kappa shape index (κ3) is 5.95. The molecular formula is C20H28FIN6. The van der Waals surface area contributed by atoms with Crippen molar-refractivity contribution < 1.29 is 4.39 Å². The van der Waals surface area contributed by atoms with Gasteiger partial charge in [0.2, 0.25) is 0 Å². The lowest BCUT2D eigenvalue weighted by atomic mass is 10.3. The Morgan fingerprint density at radius 2 is 2.07 bits per heavy atom. The van der Waals surface area contributed by atoms with Crippen molar-refractivity contribution in [2.75, 3.05) is 50.1 Å². The molecule has 2 heterocycles. The van der Waals surface area contributed by atoms with Crippen LogP contribution in [0.2, 0.25) is 0 Å². The highest BCUT2D eigenvalue weighted by atomic mass is 127. The Morgan fingerprint density at radius 3 is 2.79 bits per heavy atom. The first-order chi connectivity index (χ1) is 13.2. The molecule has 2 N–H and O–H groups in total. The lowest BCUT2D eigenvalue weighted by molar-refractivity contribution is 0.612. The predicted molar refractivity (Wildman–Crippen MR) is 124 cm³/mol. The number of halogens is 2. The monoisotopic (exact) mass is 498 g/mol. The molecule has 152 valence electrons. The summed E-state index contributed by atoms with van der Waals surface area (Å²) in [6, 6.07) is 13.6. The molecule has 0 saturated carbocycles. The maximum Gasteiger partial charge on any atom is 0.191 e. The van der Waals surface area contributed by atoms with Gasteiger partial charge in [0.1, 0.15) is 0 Å². The highest BCUT2D eigenvalue weighted by Crippen LogP contribution is 2.20. The molecular weight excluding hydrogens is 470 g/mol. The van der Waals surface area contributed by atoms with Gasteiger partial charge in [0.25, 0.3) is 0 Å². The van der Waals surface area contributed by atoms with Gasteiger partial charge in [-0.3, -0.25) is 4.99 Å². The molecule has 1 aliphatic heterocycles. The molecule has 1 aromatic carbocycles. The summed E-state index contributed by atoms with van der Waals surface area (Å²) in [5.41, 5.74) is 1.19. The molecule has 6 nitrogen and oxygen atoms in total. The van der Waals surface area contributed by atoms with E-state index in [9.17, 15) is 4.39 Å². The van der Waals surface area contributed by atoms with Crippen LogP contribution in [0.1, 0.15) is 6.42 Å². The van der Waals surface area contributed by atoms with Crippen molar-refractivity contribution >= 4 is 41.4 Å². The fourth-order valence-corrected chi connectivity index (χ4v) is 3.22. The zero-order valence-electron chi connectivity index (χ0n) is 16.3. The molecule has 0 radical (unpaired) electrons. The molecule has 3 rings (SSSR count). The Bertz CT molecular complexity index is 757. The van der Waals surface area contributed by atoms with E-state index >= 15 is 0 Å². The molecule has 0 aliphatic carbocycles. The van der Waals surface area contributed by atoms with E-state index in [2.05, 4.69) is 44.7 Å². The van der Waals surface area contributed by atoms with Crippen molar-refractivity contribution in [3.8, 4) is 0 Å². The van der Waals surface area contributed by atoms with Gasteiger partial charge in [-0.25, -0.2) is 9.37 Å². The van der Waals surface area contributed by atoms with Crippen LogP contribution < -0.4 is 20.4 Å². The molecule has 0 spiro atoms. The summed E-state index contributed by atoms with van der Waals surface area (Å²) in [6.45, 7) is 3.12. The van der Waals surface area contributed by atoms with Crippen molar-refractivity contribution in [1.82, 2.24) is 15.6 Å². The number of hydrogen-bond acceptors (Lipinski definition) is 4. The number of guanidine groups is 1. The van der Waals surface area contributed by atoms with E-state index in [1.165, 1.54) is 11.8 Å². The van der Waals surface area contributed by atoms with Crippen LogP contribution >= 0.6 is 24.0 Å². The number of nitrogens with zero attached hydrogens (tertiary/aromatic N) is 4. The molecule has 0 amide bonds. The number of benzene rings is 1. The Balaban J connectivity index is 0.00000280. The van der Waals surface area contributed by atoms with Crippen LogP contribution in [0, 0.1) is 5.82 Å². The van der Waals surface area contributed by atoms with Gasteiger partial charge in [0, 0.05) is 58.2 Å². The summed E-state index contributed by atoms with van der Waals surface area (Å²) in [5, 5.41) is 6.78. The second-order valence-corrected chi connectivity index (χ2v) is 6.64. The number of aliphatic imine (C=N–C) groups is 1. The number of likely N-dealkylation sites (N-methyl/N-ethyl adjacent to an activating group) is 1. The maximum atomic E-state index is 13.9.